The molecule has 13 atom stereocenters. The van der Waals surface area contributed by atoms with Crippen LogP contribution in [-0.4, -0.2) is 52.1 Å². The molecule has 1 N–H and O–H groups in total. The molecule has 8 unspecified atom stereocenters. The van der Waals surface area contributed by atoms with E-state index >= 15 is 0 Å². The summed E-state index contributed by atoms with van der Waals surface area (Å²) in [6, 6.07) is 0.713. The maximum absolute atomic E-state index is 12.1. The Kier molecular flexibility index (Phi) is 5.31. The van der Waals surface area contributed by atoms with Crippen molar-refractivity contribution in [1.29, 1.82) is 0 Å². The van der Waals surface area contributed by atoms with Gasteiger partial charge in [0.05, 0.1) is 11.0 Å². The topological polar surface area (TPSA) is 59.0 Å². The largest absolute Gasteiger partial charge is 0.462 e. The summed E-state index contributed by atoms with van der Waals surface area (Å²) < 4.78 is 12.3. The molecule has 3 saturated carbocycles. The zero-order chi connectivity index (χ0) is 26.2. The lowest BCUT2D eigenvalue weighted by Gasteiger charge is -2.67. The van der Waals surface area contributed by atoms with E-state index in [0.717, 1.165) is 42.9 Å². The first-order valence-electron chi connectivity index (χ1n) is 15.7. The molecule has 5 heteroatoms. The van der Waals surface area contributed by atoms with Gasteiger partial charge in [0.25, 0.3) is 0 Å². The van der Waals surface area contributed by atoms with Gasteiger partial charge in [0.2, 0.25) is 0 Å². The van der Waals surface area contributed by atoms with Crippen LogP contribution in [0.2, 0.25) is 0 Å². The molecule has 208 valence electrons. The number of hydrogen-bond donors (Lipinski definition) is 1. The molecule has 3 aliphatic carbocycles. The Morgan fingerprint density at radius 3 is 2.59 bits per heavy atom. The van der Waals surface area contributed by atoms with E-state index in [1.54, 1.807) is 0 Å². The first-order valence-corrected chi connectivity index (χ1v) is 15.7. The summed E-state index contributed by atoms with van der Waals surface area (Å²) >= 11 is 0. The predicted octanol–water partition coefficient (Wildman–Crippen LogP) is 5.93. The lowest BCUT2D eigenvalue weighted by Crippen LogP contribution is -2.68. The van der Waals surface area contributed by atoms with Gasteiger partial charge in [-0.3, -0.25) is 9.69 Å². The van der Waals surface area contributed by atoms with E-state index in [1.807, 2.05) is 0 Å². The van der Waals surface area contributed by atoms with Gasteiger partial charge in [-0.05, 0) is 106 Å². The Labute approximate surface area is 224 Å². The number of ether oxygens (including phenoxy) is 2. The maximum atomic E-state index is 12.1. The van der Waals surface area contributed by atoms with Crippen molar-refractivity contribution in [3.63, 3.8) is 0 Å². The lowest BCUT2D eigenvalue weighted by atomic mass is 9.41. The van der Waals surface area contributed by atoms with Crippen molar-refractivity contribution < 1.29 is 19.4 Å². The summed E-state index contributed by atoms with van der Waals surface area (Å²) in [5.41, 5.74) is 0.348. The van der Waals surface area contributed by atoms with Crippen molar-refractivity contribution in [1.82, 2.24) is 4.90 Å². The summed E-state index contributed by atoms with van der Waals surface area (Å²) in [5, 5.41) is 11.3. The number of hydrogen-bond acceptors (Lipinski definition) is 5. The van der Waals surface area contributed by atoms with E-state index in [4.69, 9.17) is 9.47 Å². The van der Waals surface area contributed by atoms with E-state index in [2.05, 4.69) is 39.5 Å². The fraction of sp³-hybridized carbons (Fsp3) is 0.969. The summed E-state index contributed by atoms with van der Waals surface area (Å²) in [7, 11) is 0. The standard InChI is InChI=1S/C32H51NO4/c1-19(2)22-10-14-28(4)21-9-16-31-13-7-8-24(31)32(28,26(22)33(31)18-21)17-11-23-29(5)15-12-25(36-20(3)34)30(23,6)27(35)37-29/h19,21-27,35H,7-18H2,1-6H3/t21?,22?,23?,24?,25?,26?,27?,28-,29+,30+,31+,32+/m0/s1. The molecule has 4 aliphatic heterocycles. The maximum Gasteiger partial charge on any atom is 0.302 e. The third-order valence-electron chi connectivity index (χ3n) is 14.5. The number of rotatable bonds is 5. The molecule has 7 bridgehead atoms. The van der Waals surface area contributed by atoms with Gasteiger partial charge in [0.1, 0.15) is 6.10 Å². The quantitative estimate of drug-likeness (QED) is 0.462. The third-order valence-corrected chi connectivity index (χ3v) is 14.5. The fourth-order valence-corrected chi connectivity index (χ4v) is 13.0. The van der Waals surface area contributed by atoms with Crippen LogP contribution in [0.1, 0.15) is 112 Å². The molecular formula is C32H51NO4. The first kappa shape index (κ1) is 25.3. The first-order chi connectivity index (χ1) is 17.4. The average Bonchev–Trinajstić information content (AvgIpc) is 3.35. The molecule has 0 radical (unpaired) electrons. The highest BCUT2D eigenvalue weighted by Crippen LogP contribution is 2.79. The number of piperidine rings is 2. The molecule has 0 aromatic rings. The van der Waals surface area contributed by atoms with Crippen molar-refractivity contribution in [3.05, 3.63) is 0 Å². The monoisotopic (exact) mass is 513 g/mol. The van der Waals surface area contributed by atoms with Crippen LogP contribution in [0, 0.1) is 45.8 Å². The van der Waals surface area contributed by atoms with Gasteiger partial charge in [-0.15, -0.1) is 0 Å². The highest BCUT2D eigenvalue weighted by molar-refractivity contribution is 5.66. The van der Waals surface area contributed by atoms with Crippen molar-refractivity contribution in [2.24, 2.45) is 45.8 Å². The molecule has 5 nitrogen and oxygen atoms in total. The Bertz CT molecular complexity index is 984. The van der Waals surface area contributed by atoms with Gasteiger partial charge >= 0.3 is 5.97 Å². The Morgan fingerprint density at radius 2 is 1.86 bits per heavy atom. The molecule has 1 spiro atoms. The molecule has 0 aromatic heterocycles. The van der Waals surface area contributed by atoms with Crippen LogP contribution >= 0.6 is 0 Å². The van der Waals surface area contributed by atoms with Crippen LogP contribution in [0.15, 0.2) is 0 Å². The molecule has 7 aliphatic rings. The second-order valence-corrected chi connectivity index (χ2v) is 15.7. The second kappa shape index (κ2) is 7.75. The zero-order valence-electron chi connectivity index (χ0n) is 24.2. The third kappa shape index (κ3) is 2.81. The molecular weight excluding hydrogens is 462 g/mol. The lowest BCUT2D eigenvalue weighted by molar-refractivity contribution is -0.188. The van der Waals surface area contributed by atoms with Crippen LogP contribution in [-0.2, 0) is 14.3 Å². The van der Waals surface area contributed by atoms with Crippen LogP contribution in [0.4, 0.5) is 0 Å². The molecule has 37 heavy (non-hydrogen) atoms. The number of carbonyl (C=O) groups is 1. The Hall–Kier alpha value is -0.650. The molecule has 0 amide bonds. The minimum atomic E-state index is -0.870. The Morgan fingerprint density at radius 1 is 1.08 bits per heavy atom. The molecule has 7 rings (SSSR count). The van der Waals surface area contributed by atoms with Gasteiger partial charge in [-0.1, -0.05) is 34.1 Å². The summed E-state index contributed by atoms with van der Waals surface area (Å²) in [4.78, 5) is 15.2. The van der Waals surface area contributed by atoms with E-state index < -0.39 is 11.7 Å². The van der Waals surface area contributed by atoms with Crippen molar-refractivity contribution in [2.45, 2.75) is 142 Å². The van der Waals surface area contributed by atoms with Gasteiger partial charge in [0.15, 0.2) is 6.29 Å². The highest BCUT2D eigenvalue weighted by Gasteiger charge is 2.80. The van der Waals surface area contributed by atoms with Gasteiger partial charge < -0.3 is 14.6 Å². The van der Waals surface area contributed by atoms with Crippen molar-refractivity contribution in [2.75, 3.05) is 6.54 Å². The predicted molar refractivity (Wildman–Crippen MR) is 143 cm³/mol. The Balaban J connectivity index is 1.30. The van der Waals surface area contributed by atoms with Crippen LogP contribution in [0.3, 0.4) is 0 Å². The van der Waals surface area contributed by atoms with Gasteiger partial charge in [0, 0.05) is 31.0 Å². The van der Waals surface area contributed by atoms with Gasteiger partial charge in [-0.25, -0.2) is 0 Å². The van der Waals surface area contributed by atoms with Gasteiger partial charge in [-0.2, -0.15) is 0 Å². The number of esters is 1. The number of aliphatic hydroxyl groups is 1. The number of nitrogens with zero attached hydrogens (tertiary/aromatic N) is 1. The second-order valence-electron chi connectivity index (χ2n) is 15.7. The van der Waals surface area contributed by atoms with E-state index in [1.165, 1.54) is 64.8 Å². The fourth-order valence-electron chi connectivity index (χ4n) is 13.0. The summed E-state index contributed by atoms with van der Waals surface area (Å²) in [5.74, 6) is 3.13. The molecule has 4 saturated heterocycles. The summed E-state index contributed by atoms with van der Waals surface area (Å²) in [6.45, 7) is 14.9. The van der Waals surface area contributed by atoms with Crippen LogP contribution < -0.4 is 0 Å². The zero-order valence-corrected chi connectivity index (χ0v) is 24.2. The summed E-state index contributed by atoms with van der Waals surface area (Å²) in [6.07, 6.45) is 12.7. The van der Waals surface area contributed by atoms with Crippen LogP contribution in [0.5, 0.6) is 0 Å². The molecule has 7 fully saturated rings. The minimum Gasteiger partial charge on any atom is -0.462 e. The van der Waals surface area contributed by atoms with Crippen LogP contribution in [0.25, 0.3) is 0 Å². The van der Waals surface area contributed by atoms with E-state index in [-0.39, 0.29) is 23.6 Å². The number of fused-ring (bicyclic) bond motifs is 4. The number of aliphatic hydroxyl groups excluding tert-OH is 1. The van der Waals surface area contributed by atoms with E-state index in [9.17, 15) is 9.90 Å². The SMILES string of the molecule is CC(=O)OC1CC[C@@]2(C)OC(O)[C@]1(C)C2CC[C@@]12C3C(C(C)C)CC[C@@]1(C)C1CC[C@@]4(CCCC42)N3C1. The highest BCUT2D eigenvalue weighted by atomic mass is 16.6. The average molecular weight is 514 g/mol. The molecule has 0 aromatic carbocycles. The van der Waals surface area contributed by atoms with E-state index in [0.29, 0.717) is 22.4 Å². The molecule has 4 heterocycles. The van der Waals surface area contributed by atoms with Crippen molar-refractivity contribution in [3.8, 4) is 0 Å². The smallest absolute Gasteiger partial charge is 0.302 e. The van der Waals surface area contributed by atoms with Crippen molar-refractivity contribution >= 4 is 5.97 Å². The normalized spacial score (nSPS) is 59.1. The number of carbonyl (C=O) groups excluding carboxylic acids is 1. The minimum absolute atomic E-state index is 0.204.